The highest BCUT2D eigenvalue weighted by Gasteiger charge is 2.14. The average molecular weight is 290 g/mol. The molecule has 0 aromatic heterocycles. The second-order valence-corrected chi connectivity index (χ2v) is 4.38. The van der Waals surface area contributed by atoms with Crippen LogP contribution in [-0.2, 0) is 0 Å². The molecule has 0 radical (unpaired) electrons. The quantitative estimate of drug-likeness (QED) is 0.831. The standard InChI is InChI=1S/C16H15FO4/c1-20-13-6-2-4-11(8-13)15(19)10-21-16-12(9-18)5-3-7-14(16)17/h2-9,15,19H,10H2,1H3. The number of aldehydes is 1. The number of carbonyl (C=O) groups excluding carboxylic acids is 1. The van der Waals surface area contributed by atoms with Gasteiger partial charge in [0.1, 0.15) is 18.5 Å². The summed E-state index contributed by atoms with van der Waals surface area (Å²) in [5.41, 5.74) is 0.686. The molecule has 0 aliphatic rings. The molecule has 0 bridgehead atoms. The van der Waals surface area contributed by atoms with Crippen LogP contribution in [0.1, 0.15) is 22.0 Å². The highest BCUT2D eigenvalue weighted by Crippen LogP contribution is 2.24. The Morgan fingerprint density at radius 2 is 2.05 bits per heavy atom. The second-order valence-electron chi connectivity index (χ2n) is 4.38. The van der Waals surface area contributed by atoms with Gasteiger partial charge in [0.05, 0.1) is 12.7 Å². The molecule has 0 heterocycles. The van der Waals surface area contributed by atoms with Crippen molar-refractivity contribution >= 4 is 6.29 Å². The highest BCUT2D eigenvalue weighted by molar-refractivity contribution is 5.79. The lowest BCUT2D eigenvalue weighted by atomic mass is 10.1. The van der Waals surface area contributed by atoms with Gasteiger partial charge in [0.25, 0.3) is 0 Å². The smallest absolute Gasteiger partial charge is 0.165 e. The lowest BCUT2D eigenvalue weighted by Gasteiger charge is -2.15. The number of halogens is 1. The molecule has 0 saturated carbocycles. The molecule has 2 aromatic carbocycles. The maximum Gasteiger partial charge on any atom is 0.165 e. The van der Waals surface area contributed by atoms with Gasteiger partial charge in [-0.15, -0.1) is 0 Å². The Morgan fingerprint density at radius 3 is 2.76 bits per heavy atom. The van der Waals surface area contributed by atoms with Gasteiger partial charge < -0.3 is 14.6 Å². The van der Waals surface area contributed by atoms with Gasteiger partial charge >= 0.3 is 0 Å². The summed E-state index contributed by atoms with van der Waals surface area (Å²) in [6.45, 7) is -0.172. The third kappa shape index (κ3) is 3.58. The normalized spacial score (nSPS) is 11.8. The first-order chi connectivity index (χ1) is 10.2. The fourth-order valence-corrected chi connectivity index (χ4v) is 1.88. The van der Waals surface area contributed by atoms with Gasteiger partial charge in [-0.1, -0.05) is 18.2 Å². The predicted octanol–water partition coefficient (Wildman–Crippen LogP) is 2.76. The van der Waals surface area contributed by atoms with Crippen LogP contribution in [0, 0.1) is 5.82 Å². The Labute approximate surface area is 121 Å². The molecule has 0 aliphatic carbocycles. The van der Waals surface area contributed by atoms with Crippen LogP contribution < -0.4 is 9.47 Å². The van der Waals surface area contributed by atoms with Gasteiger partial charge in [0.15, 0.2) is 17.9 Å². The Hall–Kier alpha value is -2.40. The van der Waals surface area contributed by atoms with Gasteiger partial charge in [-0.2, -0.15) is 0 Å². The summed E-state index contributed by atoms with van der Waals surface area (Å²) in [5.74, 6) is -0.196. The average Bonchev–Trinajstić information content (AvgIpc) is 2.53. The van der Waals surface area contributed by atoms with Crippen LogP contribution in [0.5, 0.6) is 11.5 Å². The van der Waals surface area contributed by atoms with E-state index in [-0.39, 0.29) is 17.9 Å². The fraction of sp³-hybridized carbons (Fsp3) is 0.188. The van der Waals surface area contributed by atoms with Gasteiger partial charge in [0, 0.05) is 0 Å². The lowest BCUT2D eigenvalue weighted by Crippen LogP contribution is -2.11. The molecular formula is C16H15FO4. The van der Waals surface area contributed by atoms with E-state index in [4.69, 9.17) is 9.47 Å². The van der Waals surface area contributed by atoms with Gasteiger partial charge in [-0.05, 0) is 29.8 Å². The van der Waals surface area contributed by atoms with Gasteiger partial charge in [0.2, 0.25) is 0 Å². The topological polar surface area (TPSA) is 55.8 Å². The molecule has 1 N–H and O–H groups in total. The maximum atomic E-state index is 13.6. The van der Waals surface area contributed by atoms with E-state index in [1.165, 1.54) is 25.3 Å². The summed E-state index contributed by atoms with van der Waals surface area (Å²) < 4.78 is 23.9. The second kappa shape index (κ2) is 6.85. The Balaban J connectivity index is 2.10. The number of rotatable bonds is 6. The number of methoxy groups -OCH3 is 1. The molecule has 0 amide bonds. The van der Waals surface area contributed by atoms with Crippen molar-refractivity contribution < 1.29 is 23.8 Å². The van der Waals surface area contributed by atoms with E-state index < -0.39 is 11.9 Å². The number of hydrogen-bond donors (Lipinski definition) is 1. The minimum Gasteiger partial charge on any atom is -0.497 e. The van der Waals surface area contributed by atoms with Crippen molar-refractivity contribution in [3.63, 3.8) is 0 Å². The van der Waals surface area contributed by atoms with E-state index in [0.29, 0.717) is 17.6 Å². The summed E-state index contributed by atoms with van der Waals surface area (Å²) in [5, 5.41) is 10.1. The van der Waals surface area contributed by atoms with Crippen molar-refractivity contribution in [2.24, 2.45) is 0 Å². The third-order valence-electron chi connectivity index (χ3n) is 2.99. The van der Waals surface area contributed by atoms with Gasteiger partial charge in [-0.25, -0.2) is 4.39 Å². The van der Waals surface area contributed by atoms with E-state index in [0.717, 1.165) is 0 Å². The van der Waals surface area contributed by atoms with Crippen molar-refractivity contribution in [1.29, 1.82) is 0 Å². The molecule has 1 unspecified atom stereocenters. The third-order valence-corrected chi connectivity index (χ3v) is 2.99. The molecule has 4 nitrogen and oxygen atoms in total. The van der Waals surface area contributed by atoms with Crippen LogP contribution in [0.2, 0.25) is 0 Å². The van der Waals surface area contributed by atoms with E-state index >= 15 is 0 Å². The van der Waals surface area contributed by atoms with E-state index in [1.807, 2.05) is 0 Å². The molecule has 0 saturated heterocycles. The molecular weight excluding hydrogens is 275 g/mol. The van der Waals surface area contributed by atoms with Crippen LogP contribution in [0.15, 0.2) is 42.5 Å². The lowest BCUT2D eigenvalue weighted by molar-refractivity contribution is 0.102. The molecule has 5 heteroatoms. The zero-order valence-electron chi connectivity index (χ0n) is 11.5. The van der Waals surface area contributed by atoms with Crippen LogP contribution >= 0.6 is 0 Å². The number of aliphatic hydroxyl groups is 1. The molecule has 110 valence electrons. The fourth-order valence-electron chi connectivity index (χ4n) is 1.88. The summed E-state index contributed by atoms with van der Waals surface area (Å²) in [7, 11) is 1.53. The SMILES string of the molecule is COc1cccc(C(O)COc2c(F)cccc2C=O)c1. The summed E-state index contributed by atoms with van der Waals surface area (Å²) in [4.78, 5) is 10.9. The number of benzene rings is 2. The first-order valence-electron chi connectivity index (χ1n) is 6.34. The Kier molecular flexibility index (Phi) is 4.90. The number of carbonyl (C=O) groups is 1. The van der Waals surface area contributed by atoms with Crippen LogP contribution in [0.25, 0.3) is 0 Å². The largest absolute Gasteiger partial charge is 0.497 e. The maximum absolute atomic E-state index is 13.6. The zero-order valence-corrected chi connectivity index (χ0v) is 11.5. The number of aliphatic hydroxyl groups excluding tert-OH is 1. The minimum absolute atomic E-state index is 0.104. The number of hydrogen-bond acceptors (Lipinski definition) is 4. The molecule has 0 fully saturated rings. The molecule has 0 aliphatic heterocycles. The van der Waals surface area contributed by atoms with Crippen molar-refractivity contribution in [2.45, 2.75) is 6.10 Å². The van der Waals surface area contributed by atoms with Crippen molar-refractivity contribution in [3.8, 4) is 11.5 Å². The summed E-state index contributed by atoms with van der Waals surface area (Å²) >= 11 is 0. The highest BCUT2D eigenvalue weighted by atomic mass is 19.1. The van der Waals surface area contributed by atoms with Crippen LogP contribution in [0.4, 0.5) is 4.39 Å². The summed E-state index contributed by atoms with van der Waals surface area (Å²) in [6, 6.07) is 10.9. The first kappa shape index (κ1) is 15.0. The van der Waals surface area contributed by atoms with Crippen LogP contribution in [-0.4, -0.2) is 25.1 Å². The van der Waals surface area contributed by atoms with Crippen molar-refractivity contribution in [3.05, 3.63) is 59.4 Å². The predicted molar refractivity (Wildman–Crippen MR) is 75.2 cm³/mol. The molecule has 2 aromatic rings. The van der Waals surface area contributed by atoms with Crippen molar-refractivity contribution in [1.82, 2.24) is 0 Å². The van der Waals surface area contributed by atoms with E-state index in [1.54, 1.807) is 24.3 Å². The number of para-hydroxylation sites is 1. The van der Waals surface area contributed by atoms with Crippen molar-refractivity contribution in [2.75, 3.05) is 13.7 Å². The molecule has 0 spiro atoms. The Morgan fingerprint density at radius 1 is 1.29 bits per heavy atom. The zero-order chi connectivity index (χ0) is 15.2. The van der Waals surface area contributed by atoms with E-state index in [9.17, 15) is 14.3 Å². The van der Waals surface area contributed by atoms with E-state index in [2.05, 4.69) is 0 Å². The monoisotopic (exact) mass is 290 g/mol. The summed E-state index contributed by atoms with van der Waals surface area (Å²) in [6.07, 6.45) is -0.449. The minimum atomic E-state index is -0.959. The Bertz CT molecular complexity index is 627. The van der Waals surface area contributed by atoms with Crippen LogP contribution in [0.3, 0.4) is 0 Å². The number of ether oxygens (including phenoxy) is 2. The first-order valence-corrected chi connectivity index (χ1v) is 6.34. The van der Waals surface area contributed by atoms with Gasteiger partial charge in [-0.3, -0.25) is 4.79 Å². The molecule has 2 rings (SSSR count). The molecule has 1 atom stereocenters. The molecule has 21 heavy (non-hydrogen) atoms.